The van der Waals surface area contributed by atoms with Crippen LogP contribution in [0.4, 0.5) is 0 Å². The highest BCUT2D eigenvalue weighted by Crippen LogP contribution is 2.30. The second-order valence-electron chi connectivity index (χ2n) is 6.60. The number of rotatable bonds is 3. The highest BCUT2D eigenvalue weighted by Gasteiger charge is 2.20. The van der Waals surface area contributed by atoms with Crippen LogP contribution in [0.1, 0.15) is 40.4 Å². The topological polar surface area (TPSA) is 62.0 Å². The number of carbonyl (C=O) groups excluding carboxylic acids is 1. The van der Waals surface area contributed by atoms with Crippen molar-refractivity contribution in [1.82, 2.24) is 10.3 Å². The van der Waals surface area contributed by atoms with Crippen LogP contribution in [-0.4, -0.2) is 17.4 Å². The van der Waals surface area contributed by atoms with Crippen molar-refractivity contribution in [2.24, 2.45) is 0 Å². The Hall–Kier alpha value is -2.88. The van der Waals surface area contributed by atoms with Gasteiger partial charge >= 0.3 is 0 Å². The number of hydrogen-bond acceptors (Lipinski definition) is 2. The molecule has 25 heavy (non-hydrogen) atoms. The van der Waals surface area contributed by atoms with E-state index in [0.29, 0.717) is 23.5 Å². The minimum atomic E-state index is -0.231. The van der Waals surface area contributed by atoms with E-state index < -0.39 is 0 Å². The quantitative estimate of drug-likeness (QED) is 0.772. The van der Waals surface area contributed by atoms with Crippen molar-refractivity contribution < 1.29 is 4.79 Å². The Kier molecular flexibility index (Phi) is 4.10. The number of benzene rings is 2. The summed E-state index contributed by atoms with van der Waals surface area (Å²) in [5, 5.41) is 4.37. The van der Waals surface area contributed by atoms with Gasteiger partial charge in [0.2, 0.25) is 0 Å². The average molecular weight is 332 g/mol. The molecule has 0 saturated carbocycles. The summed E-state index contributed by atoms with van der Waals surface area (Å²) in [4.78, 5) is 27.3. The van der Waals surface area contributed by atoms with Crippen LogP contribution in [0.25, 0.3) is 10.8 Å². The molecule has 1 heterocycles. The van der Waals surface area contributed by atoms with Gasteiger partial charge in [0.25, 0.3) is 11.5 Å². The minimum absolute atomic E-state index is 0.230. The molecule has 3 aromatic rings. The number of aromatic amines is 1. The first-order valence-corrected chi connectivity index (χ1v) is 8.70. The van der Waals surface area contributed by atoms with Crippen LogP contribution in [0.5, 0.6) is 0 Å². The predicted molar refractivity (Wildman–Crippen MR) is 99.0 cm³/mol. The van der Waals surface area contributed by atoms with Gasteiger partial charge in [-0.25, -0.2) is 0 Å². The molecule has 0 bridgehead atoms. The van der Waals surface area contributed by atoms with Crippen molar-refractivity contribution in [3.8, 4) is 0 Å². The third kappa shape index (κ3) is 3.07. The molecule has 4 heteroatoms. The number of aromatic nitrogens is 1. The Balaban J connectivity index is 1.53. The molecule has 126 valence electrons. The van der Waals surface area contributed by atoms with Crippen molar-refractivity contribution in [3.63, 3.8) is 0 Å². The summed E-state index contributed by atoms with van der Waals surface area (Å²) in [6.07, 6.45) is 3.33. The van der Waals surface area contributed by atoms with Gasteiger partial charge in [-0.2, -0.15) is 0 Å². The molecule has 0 radical (unpaired) electrons. The van der Waals surface area contributed by atoms with Crippen LogP contribution >= 0.6 is 0 Å². The standard InChI is InChI=1S/C21H20N2O2/c24-20-18-11-4-2-7-15(18)12-19(23-20)21(25)22-13-16-9-5-8-14-6-1-3-10-17(14)16/h1-4,6-7,10-12,16H,5,8-9,13H2,(H,22,25)(H,23,24)/t16-/m0/s1. The zero-order valence-electron chi connectivity index (χ0n) is 13.9. The molecule has 0 fully saturated rings. The van der Waals surface area contributed by atoms with Gasteiger partial charge in [0.1, 0.15) is 5.69 Å². The van der Waals surface area contributed by atoms with Crippen LogP contribution in [0.15, 0.2) is 59.4 Å². The Morgan fingerprint density at radius 2 is 1.92 bits per heavy atom. The Morgan fingerprint density at radius 3 is 2.84 bits per heavy atom. The maximum atomic E-state index is 12.5. The first kappa shape index (κ1) is 15.6. The molecular weight excluding hydrogens is 312 g/mol. The third-order valence-electron chi connectivity index (χ3n) is 5.00. The molecule has 1 aliphatic rings. The van der Waals surface area contributed by atoms with E-state index in [1.165, 1.54) is 11.1 Å². The zero-order valence-corrected chi connectivity index (χ0v) is 13.9. The maximum Gasteiger partial charge on any atom is 0.267 e. The number of H-pyrrole nitrogens is 1. The van der Waals surface area contributed by atoms with Gasteiger partial charge in [0.15, 0.2) is 0 Å². The van der Waals surface area contributed by atoms with Crippen LogP contribution in [0, 0.1) is 0 Å². The van der Waals surface area contributed by atoms with Crippen molar-refractivity contribution in [2.75, 3.05) is 6.54 Å². The Bertz CT molecular complexity index is 990. The van der Waals surface area contributed by atoms with Crippen molar-refractivity contribution in [2.45, 2.75) is 25.2 Å². The molecule has 0 unspecified atom stereocenters. The summed E-state index contributed by atoms with van der Waals surface area (Å²) >= 11 is 0. The SMILES string of the molecule is O=C(NC[C@@H]1CCCc2ccccc21)c1cc2ccccc2c(=O)[nH]1. The number of fused-ring (bicyclic) bond motifs is 2. The monoisotopic (exact) mass is 332 g/mol. The number of hydrogen-bond donors (Lipinski definition) is 2. The molecule has 1 atom stereocenters. The van der Waals surface area contributed by atoms with Gasteiger partial charge in [-0.1, -0.05) is 42.5 Å². The van der Waals surface area contributed by atoms with Crippen LogP contribution in [0.3, 0.4) is 0 Å². The second kappa shape index (κ2) is 6.55. The summed E-state index contributed by atoms with van der Waals surface area (Å²) in [6.45, 7) is 0.588. The third-order valence-corrected chi connectivity index (χ3v) is 5.00. The first-order valence-electron chi connectivity index (χ1n) is 8.70. The molecule has 2 aromatic carbocycles. The van der Waals surface area contributed by atoms with E-state index >= 15 is 0 Å². The second-order valence-corrected chi connectivity index (χ2v) is 6.60. The number of amides is 1. The predicted octanol–water partition coefficient (Wildman–Crippen LogP) is 3.38. The lowest BCUT2D eigenvalue weighted by Crippen LogP contribution is -2.31. The zero-order chi connectivity index (χ0) is 17.2. The van der Waals surface area contributed by atoms with Gasteiger partial charge in [-0.05, 0) is 47.9 Å². The lowest BCUT2D eigenvalue weighted by molar-refractivity contribution is 0.0945. The van der Waals surface area contributed by atoms with Crippen LogP contribution in [0.2, 0.25) is 0 Å². The van der Waals surface area contributed by atoms with Crippen LogP contribution < -0.4 is 10.9 Å². The van der Waals surface area contributed by atoms with E-state index in [4.69, 9.17) is 0 Å². The largest absolute Gasteiger partial charge is 0.350 e. The lowest BCUT2D eigenvalue weighted by atomic mass is 9.83. The molecule has 1 amide bonds. The van der Waals surface area contributed by atoms with E-state index in [1.54, 1.807) is 12.1 Å². The maximum absolute atomic E-state index is 12.5. The van der Waals surface area contributed by atoms with Crippen molar-refractivity contribution in [1.29, 1.82) is 0 Å². The molecule has 2 N–H and O–H groups in total. The van der Waals surface area contributed by atoms with Crippen molar-refractivity contribution >= 4 is 16.7 Å². The van der Waals surface area contributed by atoms with Crippen LogP contribution in [-0.2, 0) is 6.42 Å². The minimum Gasteiger partial charge on any atom is -0.350 e. The summed E-state index contributed by atoms with van der Waals surface area (Å²) in [5.74, 6) is 0.104. The molecule has 0 aliphatic heterocycles. The normalized spacial score (nSPS) is 16.4. The lowest BCUT2D eigenvalue weighted by Gasteiger charge is -2.25. The van der Waals surface area contributed by atoms with Gasteiger partial charge in [0, 0.05) is 17.8 Å². The van der Waals surface area contributed by atoms with Crippen molar-refractivity contribution in [3.05, 3.63) is 81.8 Å². The molecule has 4 nitrogen and oxygen atoms in total. The smallest absolute Gasteiger partial charge is 0.267 e. The Labute approximate surface area is 145 Å². The van der Waals surface area contributed by atoms with E-state index in [1.807, 2.05) is 18.2 Å². The summed E-state index contributed by atoms with van der Waals surface area (Å²) in [6, 6.07) is 17.5. The molecule has 1 aliphatic carbocycles. The van der Waals surface area contributed by atoms with Gasteiger partial charge in [0.05, 0.1) is 0 Å². The van der Waals surface area contributed by atoms with E-state index in [0.717, 1.165) is 24.6 Å². The fourth-order valence-corrected chi connectivity index (χ4v) is 3.71. The summed E-state index contributed by atoms with van der Waals surface area (Å²) < 4.78 is 0. The summed E-state index contributed by atoms with van der Waals surface area (Å²) in [5.41, 5.74) is 2.80. The number of pyridine rings is 1. The fourth-order valence-electron chi connectivity index (χ4n) is 3.71. The highest BCUT2D eigenvalue weighted by molar-refractivity contribution is 5.96. The molecule has 0 saturated heterocycles. The number of aryl methyl sites for hydroxylation is 1. The molecule has 4 rings (SSSR count). The first-order chi connectivity index (χ1) is 12.2. The Morgan fingerprint density at radius 1 is 1.12 bits per heavy atom. The number of carbonyl (C=O) groups is 1. The highest BCUT2D eigenvalue weighted by atomic mass is 16.2. The number of nitrogens with one attached hydrogen (secondary N) is 2. The van der Waals surface area contributed by atoms with Gasteiger partial charge < -0.3 is 10.3 Å². The molecule has 1 aromatic heterocycles. The average Bonchev–Trinajstić information content (AvgIpc) is 2.66. The van der Waals surface area contributed by atoms with Gasteiger partial charge in [-0.3, -0.25) is 9.59 Å². The van der Waals surface area contributed by atoms with E-state index in [9.17, 15) is 9.59 Å². The summed E-state index contributed by atoms with van der Waals surface area (Å²) in [7, 11) is 0. The van der Waals surface area contributed by atoms with E-state index in [-0.39, 0.29) is 11.5 Å². The molecule has 0 spiro atoms. The molecular formula is C21H20N2O2. The van der Waals surface area contributed by atoms with E-state index in [2.05, 4.69) is 34.6 Å². The fraction of sp³-hybridized carbons (Fsp3) is 0.238. The van der Waals surface area contributed by atoms with Gasteiger partial charge in [-0.15, -0.1) is 0 Å².